The van der Waals surface area contributed by atoms with Gasteiger partial charge in [0.05, 0.1) is 33.6 Å². The number of carbonyl (C=O) groups is 2. The molecule has 1 aliphatic heterocycles. The number of sulfone groups is 1. The van der Waals surface area contributed by atoms with Gasteiger partial charge in [-0.3, -0.25) is 23.6 Å². The molecule has 5 rings (SSSR count). The highest BCUT2D eigenvalue weighted by molar-refractivity contribution is 7.91. The Kier molecular flexibility index (Phi) is 6.19. The monoisotopic (exact) mass is 532 g/mol. The molecule has 0 spiro atoms. The summed E-state index contributed by atoms with van der Waals surface area (Å²) in [6.07, 6.45) is 3.12. The predicted octanol–water partition coefficient (Wildman–Crippen LogP) is 1.31. The molecule has 0 atom stereocenters. The summed E-state index contributed by atoms with van der Waals surface area (Å²) >= 11 is 0. The summed E-state index contributed by atoms with van der Waals surface area (Å²) in [5.41, 5.74) is 1.92. The Morgan fingerprint density at radius 1 is 1.08 bits per heavy atom. The molecule has 1 fully saturated rings. The van der Waals surface area contributed by atoms with Crippen molar-refractivity contribution >= 4 is 49.2 Å². The molecule has 2 amide bonds. The van der Waals surface area contributed by atoms with E-state index in [1.807, 2.05) is 37.5 Å². The van der Waals surface area contributed by atoms with Crippen LogP contribution in [0.1, 0.15) is 0 Å². The van der Waals surface area contributed by atoms with Crippen molar-refractivity contribution in [3.05, 3.63) is 78.1 Å². The fraction of sp³-hybridized carbons (Fsp3) is 0.192. The maximum absolute atomic E-state index is 13.3. The number of aryl methyl sites for hydroxylation is 1. The summed E-state index contributed by atoms with van der Waals surface area (Å²) < 4.78 is 26.0. The number of nitrogens with one attached hydrogen (secondary N) is 1. The number of hydrogen-bond donors (Lipinski definition) is 1. The Morgan fingerprint density at radius 3 is 2.55 bits per heavy atom. The van der Waals surface area contributed by atoms with Gasteiger partial charge >= 0.3 is 0 Å². The molecule has 12 heteroatoms. The number of rotatable bonds is 5. The first kappa shape index (κ1) is 25.1. The summed E-state index contributed by atoms with van der Waals surface area (Å²) in [5, 5.41) is 7.97. The van der Waals surface area contributed by atoms with Gasteiger partial charge in [0, 0.05) is 37.3 Å². The number of nitrogens with zero attached hydrogens (tertiary/aromatic N) is 5. The number of benzene rings is 2. The SMILES string of the molecule is C=C(NC(=O)C(=C)n1cnc2c(-c3ccc4nn(C)cc4c3)cccc2c1=O)C(=O)N1CCS(=O)(=O)CC1. The van der Waals surface area contributed by atoms with E-state index in [1.165, 1.54) is 11.2 Å². The fourth-order valence-corrected chi connectivity index (χ4v) is 5.57. The number of carbonyl (C=O) groups excluding carboxylic acids is 2. The van der Waals surface area contributed by atoms with Crippen LogP contribution < -0.4 is 10.9 Å². The average Bonchev–Trinajstić information content (AvgIpc) is 3.27. The highest BCUT2D eigenvalue weighted by Gasteiger charge is 2.27. The number of hydrogen-bond acceptors (Lipinski definition) is 7. The predicted molar refractivity (Wildman–Crippen MR) is 144 cm³/mol. The molecule has 0 unspecified atom stereocenters. The van der Waals surface area contributed by atoms with Gasteiger partial charge in [-0.25, -0.2) is 13.4 Å². The second kappa shape index (κ2) is 9.38. The Hall–Kier alpha value is -4.58. The lowest BCUT2D eigenvalue weighted by Crippen LogP contribution is -2.46. The molecule has 2 aromatic carbocycles. The van der Waals surface area contributed by atoms with Gasteiger partial charge in [0.1, 0.15) is 12.0 Å². The normalized spacial score (nSPS) is 14.9. The topological polar surface area (TPSA) is 136 Å². The van der Waals surface area contributed by atoms with Crippen LogP contribution in [0.2, 0.25) is 0 Å². The minimum atomic E-state index is -3.17. The molecule has 0 bridgehead atoms. The number of aromatic nitrogens is 4. The van der Waals surface area contributed by atoms with Gasteiger partial charge < -0.3 is 10.2 Å². The third-order valence-electron chi connectivity index (χ3n) is 6.42. The molecule has 1 aliphatic rings. The molecule has 0 aliphatic carbocycles. The van der Waals surface area contributed by atoms with Gasteiger partial charge in [0.2, 0.25) is 0 Å². The van der Waals surface area contributed by atoms with Gasteiger partial charge in [-0.05, 0) is 23.8 Å². The molecule has 1 saturated heterocycles. The van der Waals surface area contributed by atoms with Crippen LogP contribution in [0.15, 0.2) is 72.6 Å². The maximum Gasteiger partial charge on any atom is 0.272 e. The fourth-order valence-electron chi connectivity index (χ4n) is 4.37. The van der Waals surface area contributed by atoms with E-state index in [4.69, 9.17) is 0 Å². The second-order valence-electron chi connectivity index (χ2n) is 9.02. The maximum atomic E-state index is 13.3. The van der Waals surface area contributed by atoms with Crippen LogP contribution in [0, 0.1) is 0 Å². The summed E-state index contributed by atoms with van der Waals surface area (Å²) in [6.45, 7) is 7.34. The lowest BCUT2D eigenvalue weighted by atomic mass is 10.0. The molecule has 0 saturated carbocycles. The second-order valence-corrected chi connectivity index (χ2v) is 11.3. The number of amides is 2. The van der Waals surface area contributed by atoms with Crippen LogP contribution in [-0.4, -0.2) is 69.1 Å². The summed E-state index contributed by atoms with van der Waals surface area (Å²) in [7, 11) is -1.33. The van der Waals surface area contributed by atoms with Gasteiger partial charge in [0.25, 0.3) is 17.4 Å². The van der Waals surface area contributed by atoms with Crippen molar-refractivity contribution in [2.45, 2.75) is 0 Å². The van der Waals surface area contributed by atoms with E-state index in [-0.39, 0.29) is 41.4 Å². The standard InChI is InChI=1S/C26H24N6O5S/c1-16(25(34)31-9-11-38(36,37)12-10-31)28-24(33)17(2)32-15-27-23-20(5-4-6-21(23)26(32)35)18-7-8-22-19(13-18)14-30(3)29-22/h4-8,13-15H,1-2,9-12H2,3H3,(H,28,33). The Balaban J connectivity index is 1.38. The molecule has 4 aromatic rings. The van der Waals surface area contributed by atoms with E-state index < -0.39 is 27.2 Å². The van der Waals surface area contributed by atoms with Gasteiger partial charge in [0.15, 0.2) is 9.84 Å². The molecule has 38 heavy (non-hydrogen) atoms. The first-order valence-corrected chi connectivity index (χ1v) is 13.5. The minimum Gasteiger partial charge on any atom is -0.335 e. The molecular weight excluding hydrogens is 508 g/mol. The van der Waals surface area contributed by atoms with E-state index in [1.54, 1.807) is 16.8 Å². The van der Waals surface area contributed by atoms with Crippen LogP contribution in [0.25, 0.3) is 38.6 Å². The zero-order valence-electron chi connectivity index (χ0n) is 20.5. The zero-order chi connectivity index (χ0) is 27.2. The van der Waals surface area contributed by atoms with Gasteiger partial charge in [-0.1, -0.05) is 31.4 Å². The lowest BCUT2D eigenvalue weighted by molar-refractivity contribution is -0.128. The van der Waals surface area contributed by atoms with Crippen LogP contribution in [0.4, 0.5) is 0 Å². The highest BCUT2D eigenvalue weighted by Crippen LogP contribution is 2.28. The molecule has 1 N–H and O–H groups in total. The quantitative estimate of drug-likeness (QED) is 0.383. The first-order chi connectivity index (χ1) is 18.0. The molecule has 11 nitrogen and oxygen atoms in total. The minimum absolute atomic E-state index is 0.0150. The highest BCUT2D eigenvalue weighted by atomic mass is 32.2. The van der Waals surface area contributed by atoms with Crippen LogP contribution in [0.5, 0.6) is 0 Å². The van der Waals surface area contributed by atoms with Crippen LogP contribution >= 0.6 is 0 Å². The summed E-state index contributed by atoms with van der Waals surface area (Å²) in [5.74, 6) is -1.71. The smallest absolute Gasteiger partial charge is 0.272 e. The third kappa shape index (κ3) is 4.61. The van der Waals surface area contributed by atoms with Crippen LogP contribution in [-0.2, 0) is 26.5 Å². The Labute approximate surface area is 217 Å². The van der Waals surface area contributed by atoms with E-state index >= 15 is 0 Å². The van der Waals surface area contributed by atoms with E-state index in [0.29, 0.717) is 5.52 Å². The first-order valence-electron chi connectivity index (χ1n) is 11.7. The third-order valence-corrected chi connectivity index (χ3v) is 8.03. The van der Waals surface area contributed by atoms with Gasteiger partial charge in [-0.15, -0.1) is 0 Å². The molecule has 2 aromatic heterocycles. The van der Waals surface area contributed by atoms with Crippen molar-refractivity contribution in [3.8, 4) is 11.1 Å². The van der Waals surface area contributed by atoms with Crippen molar-refractivity contribution in [2.24, 2.45) is 7.05 Å². The molecule has 194 valence electrons. The van der Waals surface area contributed by atoms with Crippen molar-refractivity contribution in [1.82, 2.24) is 29.5 Å². The Morgan fingerprint density at radius 2 is 1.82 bits per heavy atom. The zero-order valence-corrected chi connectivity index (χ0v) is 21.4. The largest absolute Gasteiger partial charge is 0.335 e. The van der Waals surface area contributed by atoms with Gasteiger partial charge in [-0.2, -0.15) is 5.10 Å². The van der Waals surface area contributed by atoms with E-state index in [0.717, 1.165) is 26.6 Å². The number of para-hydroxylation sites is 1. The number of fused-ring (bicyclic) bond motifs is 2. The van der Waals surface area contributed by atoms with Crippen molar-refractivity contribution in [1.29, 1.82) is 0 Å². The van der Waals surface area contributed by atoms with Crippen LogP contribution in [0.3, 0.4) is 0 Å². The molecular formula is C26H24N6O5S. The molecule has 0 radical (unpaired) electrons. The van der Waals surface area contributed by atoms with Crippen molar-refractivity contribution in [3.63, 3.8) is 0 Å². The Bertz CT molecular complexity index is 1820. The average molecular weight is 533 g/mol. The van der Waals surface area contributed by atoms with E-state index in [2.05, 4.69) is 28.6 Å². The van der Waals surface area contributed by atoms with Crippen molar-refractivity contribution in [2.75, 3.05) is 24.6 Å². The lowest BCUT2D eigenvalue weighted by Gasteiger charge is -2.27. The summed E-state index contributed by atoms with van der Waals surface area (Å²) in [4.78, 5) is 44.5. The molecule has 3 heterocycles. The summed E-state index contributed by atoms with van der Waals surface area (Å²) in [6, 6.07) is 11.0. The van der Waals surface area contributed by atoms with E-state index in [9.17, 15) is 22.8 Å². The van der Waals surface area contributed by atoms with Crippen molar-refractivity contribution < 1.29 is 18.0 Å².